The Labute approximate surface area is 189 Å². The van der Waals surface area contributed by atoms with Crippen LogP contribution in [0.4, 0.5) is 0 Å². The van der Waals surface area contributed by atoms with Crippen molar-refractivity contribution in [2.24, 2.45) is 0 Å². The molecule has 0 spiro atoms. The fraction of sp³-hybridized carbons (Fsp3) is 0.391. The van der Waals surface area contributed by atoms with Crippen molar-refractivity contribution in [1.29, 1.82) is 0 Å². The summed E-state index contributed by atoms with van der Waals surface area (Å²) in [5.41, 5.74) is 0.179. The van der Waals surface area contributed by atoms with E-state index in [4.69, 9.17) is 9.47 Å². The number of amides is 1. The molecule has 1 aromatic carbocycles. The number of nitrogens with one attached hydrogen (secondary N) is 1. The monoisotopic (exact) mass is 455 g/mol. The number of ether oxygens (including phenoxy) is 2. The summed E-state index contributed by atoms with van der Waals surface area (Å²) in [6, 6.07) is 9.44. The maximum absolute atomic E-state index is 13.0. The summed E-state index contributed by atoms with van der Waals surface area (Å²) in [6.45, 7) is 1.91. The lowest BCUT2D eigenvalue weighted by Crippen LogP contribution is -2.37. The molecule has 0 radical (unpaired) electrons. The Morgan fingerprint density at radius 2 is 1.94 bits per heavy atom. The summed E-state index contributed by atoms with van der Waals surface area (Å²) >= 11 is 1.11. The van der Waals surface area contributed by atoms with Crippen LogP contribution in [-0.2, 0) is 16.1 Å². The minimum atomic E-state index is -0.521. The molecule has 1 N–H and O–H groups in total. The zero-order chi connectivity index (χ0) is 22.5. The fourth-order valence-electron chi connectivity index (χ4n) is 3.84. The highest BCUT2D eigenvalue weighted by Gasteiger charge is 2.22. The van der Waals surface area contributed by atoms with E-state index in [0.717, 1.165) is 37.0 Å². The highest BCUT2D eigenvalue weighted by Crippen LogP contribution is 2.27. The molecule has 0 saturated heterocycles. The molecule has 1 aliphatic carbocycles. The molecule has 0 bridgehead atoms. The van der Waals surface area contributed by atoms with E-state index >= 15 is 0 Å². The Morgan fingerprint density at radius 3 is 2.69 bits per heavy atom. The Balaban J connectivity index is 1.41. The van der Waals surface area contributed by atoms with Gasteiger partial charge in [-0.25, -0.2) is 9.78 Å². The molecule has 1 aliphatic rings. The number of esters is 1. The van der Waals surface area contributed by atoms with Crippen LogP contribution in [0.5, 0.6) is 5.75 Å². The number of hydrogen-bond donors (Lipinski definition) is 1. The average molecular weight is 456 g/mol. The zero-order valence-corrected chi connectivity index (χ0v) is 18.7. The predicted molar refractivity (Wildman–Crippen MR) is 121 cm³/mol. The summed E-state index contributed by atoms with van der Waals surface area (Å²) in [6.07, 6.45) is 5.54. The van der Waals surface area contributed by atoms with E-state index in [1.165, 1.54) is 10.9 Å². The molecule has 8 nitrogen and oxygen atoms in total. The zero-order valence-electron chi connectivity index (χ0n) is 17.8. The highest BCUT2D eigenvalue weighted by molar-refractivity contribution is 7.20. The third-order valence-electron chi connectivity index (χ3n) is 5.47. The SMILES string of the molecule is Cc1c(C(=O)OCCOc2ccccc2)sc2ncn(CC(=O)NC3CCCC3)c(=O)c12. The number of carbonyl (C=O) groups excluding carboxylic acids is 2. The van der Waals surface area contributed by atoms with Crippen molar-refractivity contribution in [1.82, 2.24) is 14.9 Å². The molecule has 0 aliphatic heterocycles. The highest BCUT2D eigenvalue weighted by atomic mass is 32.1. The first-order valence-corrected chi connectivity index (χ1v) is 11.5. The molecule has 1 amide bonds. The Kier molecular flexibility index (Phi) is 6.84. The van der Waals surface area contributed by atoms with Gasteiger partial charge in [0.15, 0.2) is 0 Å². The number of carbonyl (C=O) groups is 2. The van der Waals surface area contributed by atoms with Crippen LogP contribution in [0.2, 0.25) is 0 Å². The van der Waals surface area contributed by atoms with Crippen LogP contribution in [0.3, 0.4) is 0 Å². The average Bonchev–Trinajstić information content (AvgIpc) is 3.42. The van der Waals surface area contributed by atoms with Crippen LogP contribution in [0.15, 0.2) is 41.5 Å². The van der Waals surface area contributed by atoms with Gasteiger partial charge in [0.05, 0.1) is 11.7 Å². The number of aryl methyl sites for hydroxylation is 1. The van der Waals surface area contributed by atoms with E-state index < -0.39 is 5.97 Å². The number of fused-ring (bicyclic) bond motifs is 1. The lowest BCUT2D eigenvalue weighted by Gasteiger charge is -2.12. The molecule has 1 fully saturated rings. The molecule has 2 heterocycles. The van der Waals surface area contributed by atoms with Crippen molar-refractivity contribution in [3.63, 3.8) is 0 Å². The van der Waals surface area contributed by atoms with Gasteiger partial charge in [-0.1, -0.05) is 31.0 Å². The fourth-order valence-corrected chi connectivity index (χ4v) is 4.87. The van der Waals surface area contributed by atoms with E-state index in [1.807, 2.05) is 30.3 Å². The smallest absolute Gasteiger partial charge is 0.348 e. The number of thiophene rings is 1. The second-order valence-corrected chi connectivity index (χ2v) is 8.76. The van der Waals surface area contributed by atoms with Crippen LogP contribution >= 0.6 is 11.3 Å². The van der Waals surface area contributed by atoms with Gasteiger partial charge in [-0.05, 0) is 37.5 Å². The number of para-hydroxylation sites is 1. The van der Waals surface area contributed by atoms with E-state index in [2.05, 4.69) is 10.3 Å². The first-order chi connectivity index (χ1) is 15.5. The van der Waals surface area contributed by atoms with Gasteiger partial charge >= 0.3 is 5.97 Å². The van der Waals surface area contributed by atoms with Crippen molar-refractivity contribution in [2.75, 3.05) is 13.2 Å². The van der Waals surface area contributed by atoms with Crippen molar-refractivity contribution in [3.05, 3.63) is 57.5 Å². The molecule has 2 aromatic heterocycles. The summed E-state index contributed by atoms with van der Waals surface area (Å²) in [5, 5.41) is 3.32. The standard InChI is InChI=1S/C23H25N3O5S/c1-15-19-21(24-14-26(22(19)28)13-18(27)25-16-7-5-6-8-16)32-20(15)23(29)31-12-11-30-17-9-3-2-4-10-17/h2-4,9-10,14,16H,5-8,11-13H2,1H3,(H,25,27). The molecule has 168 valence electrons. The Morgan fingerprint density at radius 1 is 1.19 bits per heavy atom. The van der Waals surface area contributed by atoms with Gasteiger partial charge in [-0.2, -0.15) is 0 Å². The first-order valence-electron chi connectivity index (χ1n) is 10.7. The minimum Gasteiger partial charge on any atom is -0.490 e. The lowest BCUT2D eigenvalue weighted by atomic mass is 10.2. The number of nitrogens with zero attached hydrogens (tertiary/aromatic N) is 2. The van der Waals surface area contributed by atoms with Gasteiger partial charge in [0.25, 0.3) is 5.56 Å². The van der Waals surface area contributed by atoms with Gasteiger partial charge in [0.2, 0.25) is 5.91 Å². The van der Waals surface area contributed by atoms with Crippen LogP contribution < -0.4 is 15.6 Å². The number of hydrogen-bond acceptors (Lipinski definition) is 7. The molecule has 32 heavy (non-hydrogen) atoms. The molecule has 0 atom stereocenters. The van der Waals surface area contributed by atoms with Crippen molar-refractivity contribution in [3.8, 4) is 5.75 Å². The van der Waals surface area contributed by atoms with E-state index in [0.29, 0.717) is 26.4 Å². The van der Waals surface area contributed by atoms with Crippen molar-refractivity contribution in [2.45, 2.75) is 45.2 Å². The van der Waals surface area contributed by atoms with Crippen LogP contribution in [0.25, 0.3) is 10.2 Å². The number of benzene rings is 1. The summed E-state index contributed by atoms with van der Waals surface area (Å²) in [5.74, 6) is -0.0264. The normalized spacial score (nSPS) is 13.9. The Bertz CT molecular complexity index is 1170. The van der Waals surface area contributed by atoms with Gasteiger partial charge < -0.3 is 14.8 Å². The Hall–Kier alpha value is -3.20. The molecular formula is C23H25N3O5S. The van der Waals surface area contributed by atoms with Gasteiger partial charge in [0.1, 0.15) is 35.2 Å². The molecule has 1 saturated carbocycles. The maximum Gasteiger partial charge on any atom is 0.348 e. The summed E-state index contributed by atoms with van der Waals surface area (Å²) < 4.78 is 12.1. The second-order valence-electron chi connectivity index (χ2n) is 7.76. The third kappa shape index (κ3) is 4.99. The van der Waals surface area contributed by atoms with Crippen LogP contribution in [0.1, 0.15) is 40.9 Å². The second kappa shape index (κ2) is 9.95. The largest absolute Gasteiger partial charge is 0.490 e. The van der Waals surface area contributed by atoms with Crippen molar-refractivity contribution < 1.29 is 19.1 Å². The van der Waals surface area contributed by atoms with Crippen LogP contribution in [-0.4, -0.2) is 40.7 Å². The first kappa shape index (κ1) is 22.0. The number of rotatable bonds is 8. The van der Waals surface area contributed by atoms with E-state index in [9.17, 15) is 14.4 Å². The summed E-state index contributed by atoms with van der Waals surface area (Å²) in [7, 11) is 0. The maximum atomic E-state index is 13.0. The van der Waals surface area contributed by atoms with E-state index in [-0.39, 0.29) is 37.3 Å². The van der Waals surface area contributed by atoms with E-state index in [1.54, 1.807) is 6.92 Å². The molecule has 4 rings (SSSR count). The molecule has 9 heteroatoms. The quantitative estimate of drug-likeness (QED) is 0.414. The third-order valence-corrected chi connectivity index (χ3v) is 6.65. The van der Waals surface area contributed by atoms with Crippen LogP contribution in [0, 0.1) is 6.92 Å². The van der Waals surface area contributed by atoms with Gasteiger partial charge in [-0.15, -0.1) is 11.3 Å². The minimum absolute atomic E-state index is 0.0837. The lowest BCUT2D eigenvalue weighted by molar-refractivity contribution is -0.122. The topological polar surface area (TPSA) is 99.5 Å². The summed E-state index contributed by atoms with van der Waals surface area (Å²) in [4.78, 5) is 42.9. The predicted octanol–water partition coefficient (Wildman–Crippen LogP) is 3.06. The number of aromatic nitrogens is 2. The molecular weight excluding hydrogens is 430 g/mol. The molecule has 0 unspecified atom stereocenters. The van der Waals surface area contributed by atoms with Gasteiger partial charge in [0, 0.05) is 6.04 Å². The van der Waals surface area contributed by atoms with Crippen molar-refractivity contribution >= 4 is 33.4 Å². The molecule has 3 aromatic rings. The van der Waals surface area contributed by atoms with Gasteiger partial charge in [-0.3, -0.25) is 14.2 Å².